The van der Waals surface area contributed by atoms with Crippen LogP contribution in [0.4, 0.5) is 0 Å². The molecule has 0 saturated carbocycles. The summed E-state index contributed by atoms with van der Waals surface area (Å²) in [5.41, 5.74) is 1.06. The lowest BCUT2D eigenvalue weighted by molar-refractivity contribution is 0.0477. The first-order chi connectivity index (χ1) is 12.2. The summed E-state index contributed by atoms with van der Waals surface area (Å²) in [4.78, 5) is 17.1. The van der Waals surface area contributed by atoms with E-state index in [1.807, 2.05) is 43.3 Å². The smallest absolute Gasteiger partial charge is 0.253 e. The molecule has 2 N–H and O–H groups in total. The van der Waals surface area contributed by atoms with Gasteiger partial charge in [0.25, 0.3) is 5.91 Å². The van der Waals surface area contributed by atoms with Crippen molar-refractivity contribution in [3.63, 3.8) is 0 Å². The van der Waals surface area contributed by atoms with Crippen molar-refractivity contribution in [2.45, 2.75) is 38.7 Å². The topological polar surface area (TPSA) is 64.0 Å². The van der Waals surface area contributed by atoms with Gasteiger partial charge in [-0.05, 0) is 76.7 Å². The number of aliphatic hydroxyl groups excluding tert-OH is 1. The van der Waals surface area contributed by atoms with Gasteiger partial charge in [0, 0.05) is 31.8 Å². The molecule has 0 aliphatic carbocycles. The highest BCUT2D eigenvalue weighted by Crippen LogP contribution is 2.24. The van der Waals surface area contributed by atoms with Gasteiger partial charge in [0.15, 0.2) is 0 Å². The summed E-state index contributed by atoms with van der Waals surface area (Å²) in [5.74, 6) is 0.575. The number of rotatable bonds is 7. The van der Waals surface area contributed by atoms with E-state index < -0.39 is 5.60 Å². The Balaban J connectivity index is 2.08. The highest BCUT2D eigenvalue weighted by atomic mass is 16.3. The third-order valence-corrected chi connectivity index (χ3v) is 4.99. The first-order valence-electron chi connectivity index (χ1n) is 9.54. The molecule has 1 aliphatic heterocycles. The average molecular weight is 363 g/mol. The van der Waals surface area contributed by atoms with Crippen LogP contribution in [0.2, 0.25) is 0 Å². The lowest BCUT2D eigenvalue weighted by Crippen LogP contribution is -2.47. The van der Waals surface area contributed by atoms with E-state index in [9.17, 15) is 15.0 Å². The van der Waals surface area contributed by atoms with Crippen LogP contribution in [0, 0.1) is 11.8 Å². The van der Waals surface area contributed by atoms with Gasteiger partial charge in [0.2, 0.25) is 0 Å². The molecular formula is C21H34N2O3. The predicted molar refractivity (Wildman–Crippen MR) is 104 cm³/mol. The summed E-state index contributed by atoms with van der Waals surface area (Å²) in [7, 11) is 4.09. The molecule has 0 aromatic heterocycles. The maximum Gasteiger partial charge on any atom is 0.253 e. The summed E-state index contributed by atoms with van der Waals surface area (Å²) in [5, 5.41) is 19.5. The van der Waals surface area contributed by atoms with Crippen LogP contribution in [0.3, 0.4) is 0 Å². The number of hydrogen-bond acceptors (Lipinski definition) is 4. The normalized spacial score (nSPS) is 21.3. The number of carbonyl (C=O) groups excluding carboxylic acids is 1. The van der Waals surface area contributed by atoms with Gasteiger partial charge in [-0.25, -0.2) is 0 Å². The zero-order chi connectivity index (χ0) is 19.3. The molecule has 1 aromatic rings. The summed E-state index contributed by atoms with van der Waals surface area (Å²) in [6.45, 7) is 6.01. The summed E-state index contributed by atoms with van der Waals surface area (Å²) in [6.07, 6.45) is 2.36. The third kappa shape index (κ3) is 6.38. The predicted octanol–water partition coefficient (Wildman–Crippen LogP) is 2.02. The Kier molecular flexibility index (Phi) is 7.21. The van der Waals surface area contributed by atoms with Crippen LogP contribution in [0.15, 0.2) is 24.3 Å². The van der Waals surface area contributed by atoms with Gasteiger partial charge >= 0.3 is 0 Å². The molecule has 1 saturated heterocycles. The number of piperidine rings is 1. The van der Waals surface area contributed by atoms with E-state index in [2.05, 4.69) is 4.90 Å². The molecule has 0 unspecified atom stereocenters. The maximum atomic E-state index is 13.0. The van der Waals surface area contributed by atoms with Crippen LogP contribution in [0.1, 0.15) is 42.6 Å². The van der Waals surface area contributed by atoms with Crippen LogP contribution < -0.4 is 0 Å². The van der Waals surface area contributed by atoms with Gasteiger partial charge in [-0.3, -0.25) is 4.79 Å². The number of amides is 1. The fourth-order valence-corrected chi connectivity index (χ4v) is 3.76. The monoisotopic (exact) mass is 362 g/mol. The Morgan fingerprint density at radius 2 is 1.96 bits per heavy atom. The van der Waals surface area contributed by atoms with Crippen LogP contribution >= 0.6 is 0 Å². The molecule has 1 aliphatic rings. The number of aryl methyl sites for hydroxylation is 1. The number of nitrogens with zero attached hydrogens (tertiary/aromatic N) is 2. The molecule has 26 heavy (non-hydrogen) atoms. The van der Waals surface area contributed by atoms with Gasteiger partial charge < -0.3 is 20.0 Å². The minimum atomic E-state index is -0.708. The second-order valence-electron chi connectivity index (χ2n) is 8.64. The number of benzene rings is 1. The highest BCUT2D eigenvalue weighted by molar-refractivity contribution is 5.94. The van der Waals surface area contributed by atoms with E-state index in [1.54, 1.807) is 13.8 Å². The number of hydrogen-bond donors (Lipinski definition) is 2. The van der Waals surface area contributed by atoms with Crippen LogP contribution in [0.5, 0.6) is 0 Å². The van der Waals surface area contributed by atoms with Crippen molar-refractivity contribution in [1.29, 1.82) is 0 Å². The molecule has 5 nitrogen and oxygen atoms in total. The van der Waals surface area contributed by atoms with E-state index in [0.29, 0.717) is 24.4 Å². The lowest BCUT2D eigenvalue weighted by atomic mass is 9.88. The zero-order valence-corrected chi connectivity index (χ0v) is 16.6. The summed E-state index contributed by atoms with van der Waals surface area (Å²) >= 11 is 0. The first kappa shape index (κ1) is 20.9. The Morgan fingerprint density at radius 3 is 2.58 bits per heavy atom. The van der Waals surface area contributed by atoms with Crippen molar-refractivity contribution in [1.82, 2.24) is 9.80 Å². The van der Waals surface area contributed by atoms with E-state index >= 15 is 0 Å². The SMILES string of the molecule is CN(C)C[C@H]1C[C@H](CO)CN(C(=O)c2cccc(CCC(C)(C)O)c2)C1. The first-order valence-corrected chi connectivity index (χ1v) is 9.54. The fourth-order valence-electron chi connectivity index (χ4n) is 3.76. The van der Waals surface area contributed by atoms with Crippen molar-refractivity contribution in [2.75, 3.05) is 40.3 Å². The number of likely N-dealkylation sites (tertiary alicyclic amines) is 1. The van der Waals surface area contributed by atoms with E-state index in [1.165, 1.54) is 0 Å². The maximum absolute atomic E-state index is 13.0. The Labute approximate surface area is 157 Å². The fraction of sp³-hybridized carbons (Fsp3) is 0.667. The molecule has 2 atom stereocenters. The minimum absolute atomic E-state index is 0.0389. The minimum Gasteiger partial charge on any atom is -0.396 e. The van der Waals surface area contributed by atoms with Crippen molar-refractivity contribution < 1.29 is 15.0 Å². The third-order valence-electron chi connectivity index (χ3n) is 4.99. The second-order valence-corrected chi connectivity index (χ2v) is 8.64. The molecule has 0 radical (unpaired) electrons. The molecule has 0 spiro atoms. The molecule has 146 valence electrons. The average Bonchev–Trinajstić information content (AvgIpc) is 2.58. The van der Waals surface area contributed by atoms with Crippen LogP contribution in [0.25, 0.3) is 0 Å². The molecule has 1 heterocycles. The second kappa shape index (κ2) is 8.98. The standard InChI is InChI=1S/C21H34N2O3/c1-21(2,26)9-8-16-6-5-7-19(11-16)20(25)23-13-17(12-22(3)4)10-18(14-23)15-24/h5-7,11,17-18,24,26H,8-10,12-15H2,1-4H3/t17-,18+/m1/s1. The Bertz CT molecular complexity index is 595. The van der Waals surface area contributed by atoms with E-state index in [0.717, 1.165) is 31.5 Å². The molecular weight excluding hydrogens is 328 g/mol. The van der Waals surface area contributed by atoms with Gasteiger partial charge in [0.1, 0.15) is 0 Å². The Morgan fingerprint density at radius 1 is 1.27 bits per heavy atom. The summed E-state index contributed by atoms with van der Waals surface area (Å²) in [6, 6.07) is 7.72. The molecule has 1 fully saturated rings. The van der Waals surface area contributed by atoms with Gasteiger partial charge in [-0.15, -0.1) is 0 Å². The quantitative estimate of drug-likeness (QED) is 0.779. The lowest BCUT2D eigenvalue weighted by Gasteiger charge is -2.38. The molecule has 0 bridgehead atoms. The Hall–Kier alpha value is -1.43. The summed E-state index contributed by atoms with van der Waals surface area (Å²) < 4.78 is 0. The van der Waals surface area contributed by atoms with Crippen molar-refractivity contribution in [2.24, 2.45) is 11.8 Å². The number of carbonyl (C=O) groups is 1. The molecule has 5 heteroatoms. The molecule has 2 rings (SSSR count). The van der Waals surface area contributed by atoms with Crippen LogP contribution in [-0.4, -0.2) is 71.9 Å². The van der Waals surface area contributed by atoms with Gasteiger partial charge in [-0.1, -0.05) is 12.1 Å². The van der Waals surface area contributed by atoms with E-state index in [4.69, 9.17) is 0 Å². The van der Waals surface area contributed by atoms with Gasteiger partial charge in [0.05, 0.1) is 5.60 Å². The molecule has 1 aromatic carbocycles. The van der Waals surface area contributed by atoms with Gasteiger partial charge in [-0.2, -0.15) is 0 Å². The molecule has 1 amide bonds. The van der Waals surface area contributed by atoms with Crippen molar-refractivity contribution in [3.8, 4) is 0 Å². The van der Waals surface area contributed by atoms with E-state index in [-0.39, 0.29) is 18.4 Å². The van der Waals surface area contributed by atoms with Crippen LogP contribution in [-0.2, 0) is 6.42 Å². The largest absolute Gasteiger partial charge is 0.396 e. The van der Waals surface area contributed by atoms with Crippen molar-refractivity contribution >= 4 is 5.91 Å². The zero-order valence-electron chi connectivity index (χ0n) is 16.6. The highest BCUT2D eigenvalue weighted by Gasteiger charge is 2.30. The number of aliphatic hydroxyl groups is 2. The van der Waals surface area contributed by atoms with Crippen molar-refractivity contribution in [3.05, 3.63) is 35.4 Å².